The minimum atomic E-state index is -0.0720. The number of hydrogen-bond donors (Lipinski definition) is 0. The fraction of sp³-hybridized carbons (Fsp3) is 0.333. The van der Waals surface area contributed by atoms with E-state index in [0.717, 1.165) is 11.1 Å². The molecule has 0 fully saturated rings. The summed E-state index contributed by atoms with van der Waals surface area (Å²) in [4.78, 5) is 29.6. The molecule has 0 spiro atoms. The minimum Gasteiger partial charge on any atom is -0.294 e. The molecule has 5 heteroatoms. The third kappa shape index (κ3) is 7.15. The van der Waals surface area contributed by atoms with Gasteiger partial charge in [-0.25, -0.2) is 0 Å². The van der Waals surface area contributed by atoms with E-state index >= 15 is 0 Å². The van der Waals surface area contributed by atoms with Gasteiger partial charge in [0.05, 0.1) is 5.88 Å². The number of carbonyl (C=O) groups is 2. The number of carbonyl (C=O) groups excluding carboxylic acids is 2. The highest BCUT2D eigenvalue weighted by atomic mass is 35.5. The second-order valence-electron chi connectivity index (χ2n) is 4.49. The number of ketones is 2. The zero-order valence-electron chi connectivity index (χ0n) is 12.3. The second-order valence-corrected chi connectivity index (χ2v) is 4.76. The van der Waals surface area contributed by atoms with Crippen molar-refractivity contribution >= 4 is 23.2 Å². The molecule has 23 heavy (non-hydrogen) atoms. The minimum absolute atomic E-state index is 0. The molecule has 0 amide bonds. The molecule has 0 atom stereocenters. The monoisotopic (exact) mass is 336 g/mol. The van der Waals surface area contributed by atoms with Gasteiger partial charge in [0.15, 0.2) is 11.6 Å². The summed E-state index contributed by atoms with van der Waals surface area (Å²) in [6.45, 7) is 5.31. The summed E-state index contributed by atoms with van der Waals surface area (Å²) < 4.78 is 0. The topological polar surface area (TPSA) is 59.9 Å². The molecule has 2 aromatic heterocycles. The zero-order chi connectivity index (χ0) is 15.8. The van der Waals surface area contributed by atoms with E-state index in [4.69, 9.17) is 11.6 Å². The van der Waals surface area contributed by atoms with E-state index < -0.39 is 0 Å². The number of alkyl halides is 1. The van der Waals surface area contributed by atoms with Crippen molar-refractivity contribution in [3.05, 3.63) is 59.2 Å². The third-order valence-electron chi connectivity index (χ3n) is 2.88. The van der Waals surface area contributed by atoms with Crippen molar-refractivity contribution in [2.24, 2.45) is 0 Å². The lowest BCUT2D eigenvalue weighted by atomic mass is 10.1. The van der Waals surface area contributed by atoms with Gasteiger partial charge >= 0.3 is 0 Å². The Balaban J connectivity index is 0. The molecule has 0 saturated carbocycles. The van der Waals surface area contributed by atoms with Crippen LogP contribution in [0.3, 0.4) is 0 Å². The van der Waals surface area contributed by atoms with Crippen LogP contribution in [-0.2, 0) is 0 Å². The van der Waals surface area contributed by atoms with Crippen molar-refractivity contribution in [2.45, 2.75) is 35.6 Å². The molecular formula is C18H25ClN2O2. The van der Waals surface area contributed by atoms with Crippen LogP contribution in [0.4, 0.5) is 0 Å². The first-order valence-corrected chi connectivity index (χ1v) is 6.92. The van der Waals surface area contributed by atoms with Crippen molar-refractivity contribution in [3.8, 4) is 0 Å². The van der Waals surface area contributed by atoms with Gasteiger partial charge in [-0.3, -0.25) is 19.6 Å². The van der Waals surface area contributed by atoms with Gasteiger partial charge < -0.3 is 0 Å². The van der Waals surface area contributed by atoms with E-state index in [2.05, 4.69) is 9.97 Å². The van der Waals surface area contributed by atoms with E-state index in [1.807, 2.05) is 19.9 Å². The van der Waals surface area contributed by atoms with Crippen molar-refractivity contribution in [1.82, 2.24) is 9.97 Å². The number of aryl methyl sites for hydroxylation is 2. The first-order valence-electron chi connectivity index (χ1n) is 6.38. The van der Waals surface area contributed by atoms with Crippen LogP contribution in [0.1, 0.15) is 53.6 Å². The second kappa shape index (κ2) is 11.5. The molecule has 0 aliphatic carbocycles. The van der Waals surface area contributed by atoms with Crippen LogP contribution >= 0.6 is 11.6 Å². The Hall–Kier alpha value is -2.07. The molecule has 2 rings (SSSR count). The summed E-state index contributed by atoms with van der Waals surface area (Å²) in [5.41, 5.74) is 3.23. The third-order valence-corrected chi connectivity index (χ3v) is 3.12. The zero-order valence-corrected chi connectivity index (χ0v) is 13.0. The van der Waals surface area contributed by atoms with Crippen LogP contribution in [-0.4, -0.2) is 27.4 Å². The lowest BCUT2D eigenvalue weighted by Gasteiger charge is -1.98. The molecule has 0 N–H and O–H groups in total. The van der Waals surface area contributed by atoms with Gasteiger partial charge in [0.25, 0.3) is 0 Å². The van der Waals surface area contributed by atoms with E-state index in [1.54, 1.807) is 37.8 Å². The fourth-order valence-electron chi connectivity index (χ4n) is 1.66. The molecule has 0 unspecified atom stereocenters. The van der Waals surface area contributed by atoms with Crippen molar-refractivity contribution in [1.29, 1.82) is 0 Å². The van der Waals surface area contributed by atoms with E-state index in [0.29, 0.717) is 11.1 Å². The molecule has 0 aromatic carbocycles. The van der Waals surface area contributed by atoms with Gasteiger partial charge in [-0.2, -0.15) is 0 Å². The Labute approximate surface area is 143 Å². The van der Waals surface area contributed by atoms with Gasteiger partial charge in [-0.15, -0.1) is 11.6 Å². The predicted octanol–water partition coefficient (Wildman–Crippen LogP) is 4.68. The molecule has 0 radical (unpaired) electrons. The quantitative estimate of drug-likeness (QED) is 0.603. The maximum Gasteiger partial charge on any atom is 0.179 e. The molecule has 2 heterocycles. The average Bonchev–Trinajstić information content (AvgIpc) is 2.48. The van der Waals surface area contributed by atoms with Crippen LogP contribution in [0.2, 0.25) is 0 Å². The molecule has 4 nitrogen and oxygen atoms in total. The highest BCUT2D eigenvalue weighted by molar-refractivity contribution is 6.30. The Morgan fingerprint density at radius 1 is 0.957 bits per heavy atom. The van der Waals surface area contributed by atoms with Crippen molar-refractivity contribution in [2.75, 3.05) is 5.88 Å². The highest BCUT2D eigenvalue weighted by Gasteiger charge is 2.05. The van der Waals surface area contributed by atoms with E-state index in [9.17, 15) is 9.59 Å². The summed E-state index contributed by atoms with van der Waals surface area (Å²) >= 11 is 5.38. The first-order chi connectivity index (χ1) is 9.97. The largest absolute Gasteiger partial charge is 0.294 e. The van der Waals surface area contributed by atoms with Crippen LogP contribution in [0.25, 0.3) is 0 Å². The SMILES string of the molecule is C.C.CC(=O)c1cnccc1C.Cc1ccncc1C(=O)CCl. The molecule has 0 bridgehead atoms. The van der Waals surface area contributed by atoms with Crippen LogP contribution in [0.15, 0.2) is 36.9 Å². The maximum absolute atomic E-state index is 11.1. The average molecular weight is 337 g/mol. The van der Waals surface area contributed by atoms with Gasteiger partial charge in [0.2, 0.25) is 0 Å². The first kappa shape index (κ1) is 23.2. The molecule has 2 aromatic rings. The molecule has 126 valence electrons. The normalized spacial score (nSPS) is 8.70. The van der Waals surface area contributed by atoms with E-state index in [1.165, 1.54) is 0 Å². The van der Waals surface area contributed by atoms with Gasteiger partial charge in [0.1, 0.15) is 0 Å². The predicted molar refractivity (Wildman–Crippen MR) is 96.5 cm³/mol. The van der Waals surface area contributed by atoms with Crippen molar-refractivity contribution < 1.29 is 9.59 Å². The van der Waals surface area contributed by atoms with Crippen molar-refractivity contribution in [3.63, 3.8) is 0 Å². The Bertz CT molecular complexity index is 642. The molecule has 0 saturated heterocycles. The number of Topliss-reactive ketones (excluding diaryl/α,β-unsaturated/α-hetero) is 2. The summed E-state index contributed by atoms with van der Waals surface area (Å²) in [5, 5.41) is 0. The van der Waals surface area contributed by atoms with Gasteiger partial charge in [-0.05, 0) is 44.0 Å². The summed E-state index contributed by atoms with van der Waals surface area (Å²) in [6.07, 6.45) is 6.47. The standard InChI is InChI=1S/C8H8ClNO.C8H9NO.2CH4/c1-6-2-3-10-5-7(6)8(11)4-9;1-6-3-4-9-5-8(6)7(2)10;;/h2-3,5H,4H2,1H3;3-5H,1-2H3;2*1H4. The number of aromatic nitrogens is 2. The lowest BCUT2D eigenvalue weighted by Crippen LogP contribution is -2.02. The number of pyridine rings is 2. The number of hydrogen-bond acceptors (Lipinski definition) is 4. The maximum atomic E-state index is 11.1. The Morgan fingerprint density at radius 2 is 1.39 bits per heavy atom. The van der Waals surface area contributed by atoms with Crippen LogP contribution in [0, 0.1) is 13.8 Å². The van der Waals surface area contributed by atoms with Gasteiger partial charge in [-0.1, -0.05) is 14.9 Å². The summed E-state index contributed by atoms with van der Waals surface area (Å²) in [5.74, 6) is 0.0230. The van der Waals surface area contributed by atoms with Crippen LogP contribution < -0.4 is 0 Å². The van der Waals surface area contributed by atoms with Crippen LogP contribution in [0.5, 0.6) is 0 Å². The molecule has 0 aliphatic rings. The molecule has 0 aliphatic heterocycles. The molecular weight excluding hydrogens is 312 g/mol. The summed E-state index contributed by atoms with van der Waals surface area (Å²) in [7, 11) is 0. The summed E-state index contributed by atoms with van der Waals surface area (Å²) in [6, 6.07) is 3.62. The smallest absolute Gasteiger partial charge is 0.179 e. The van der Waals surface area contributed by atoms with E-state index in [-0.39, 0.29) is 32.3 Å². The fourth-order valence-corrected chi connectivity index (χ4v) is 1.80. The number of rotatable bonds is 3. The number of nitrogens with zero attached hydrogens (tertiary/aromatic N) is 2. The Kier molecular flexibility index (Phi) is 11.6. The lowest BCUT2D eigenvalue weighted by molar-refractivity contribution is 0.101. The highest BCUT2D eigenvalue weighted by Crippen LogP contribution is 2.06. The number of halogens is 1. The Morgan fingerprint density at radius 3 is 1.70 bits per heavy atom. The van der Waals surface area contributed by atoms with Gasteiger partial charge in [0, 0.05) is 35.9 Å².